The van der Waals surface area contributed by atoms with Gasteiger partial charge in [0.2, 0.25) is 0 Å². The van der Waals surface area contributed by atoms with Gasteiger partial charge in [0, 0.05) is 4.47 Å². The number of para-hydroxylation sites is 1. The summed E-state index contributed by atoms with van der Waals surface area (Å²) in [7, 11) is 0. The molecule has 0 saturated carbocycles. The third-order valence-corrected chi connectivity index (χ3v) is 4.32. The molecule has 1 unspecified atom stereocenters. The van der Waals surface area contributed by atoms with Gasteiger partial charge in [0.05, 0.1) is 17.6 Å². The highest BCUT2D eigenvalue weighted by Gasteiger charge is 2.19. The van der Waals surface area contributed by atoms with Crippen molar-refractivity contribution in [1.29, 1.82) is 0 Å². The highest BCUT2D eigenvalue weighted by molar-refractivity contribution is 9.10. The average Bonchev–Trinajstić information content (AvgIpc) is 3.00. The summed E-state index contributed by atoms with van der Waals surface area (Å²) in [5, 5.41) is 18.7. The second-order valence-corrected chi connectivity index (χ2v) is 5.62. The monoisotopic (exact) mass is 343 g/mol. The molecule has 0 fully saturated rings. The molecule has 1 aromatic heterocycles. The topological polar surface area (TPSA) is 50.9 Å². The quantitative estimate of drug-likeness (QED) is 0.792. The lowest BCUT2D eigenvalue weighted by Gasteiger charge is -2.15. The number of nitrogens with zero attached hydrogens (tertiary/aromatic N) is 3. The normalized spacial score (nSPS) is 12.3. The van der Waals surface area contributed by atoms with Crippen molar-refractivity contribution < 1.29 is 5.11 Å². The van der Waals surface area contributed by atoms with Crippen LogP contribution >= 0.6 is 15.9 Å². The Balaban J connectivity index is 2.06. The zero-order valence-corrected chi connectivity index (χ0v) is 13.0. The Hall–Kier alpha value is -1.98. The molecule has 1 heterocycles. The average molecular weight is 344 g/mol. The highest BCUT2D eigenvalue weighted by Crippen LogP contribution is 2.29. The van der Waals surface area contributed by atoms with E-state index in [4.69, 9.17) is 0 Å². The highest BCUT2D eigenvalue weighted by atomic mass is 79.9. The minimum atomic E-state index is -0.780. The molecule has 0 amide bonds. The molecular formula is C16H14BrN3O. The van der Waals surface area contributed by atoms with Crippen molar-refractivity contribution in [2.45, 2.75) is 13.0 Å². The van der Waals surface area contributed by atoms with Gasteiger partial charge in [-0.05, 0) is 36.2 Å². The van der Waals surface area contributed by atoms with Crippen LogP contribution in [0.25, 0.3) is 5.69 Å². The Bertz CT molecular complexity index is 755. The van der Waals surface area contributed by atoms with Crippen LogP contribution in [0.2, 0.25) is 0 Å². The summed E-state index contributed by atoms with van der Waals surface area (Å²) in [6.45, 7) is 1.97. The molecular weight excluding hydrogens is 330 g/mol. The van der Waals surface area contributed by atoms with Gasteiger partial charge in [-0.2, -0.15) is 0 Å². The van der Waals surface area contributed by atoms with E-state index in [1.807, 2.05) is 55.5 Å². The molecule has 21 heavy (non-hydrogen) atoms. The number of aliphatic hydroxyl groups excluding tert-OH is 1. The van der Waals surface area contributed by atoms with Crippen molar-refractivity contribution in [2.24, 2.45) is 0 Å². The molecule has 0 aliphatic carbocycles. The second kappa shape index (κ2) is 5.79. The fourth-order valence-electron chi connectivity index (χ4n) is 2.28. The molecule has 106 valence electrons. The molecule has 0 aliphatic rings. The standard InChI is InChI=1S/C16H14BrN3O/c1-11-13(8-5-9-14(11)17)16(21)15-10-18-19-20(15)12-6-3-2-4-7-12/h2-10,16,21H,1H3. The second-order valence-electron chi connectivity index (χ2n) is 4.76. The van der Waals surface area contributed by atoms with E-state index in [1.165, 1.54) is 0 Å². The minimum Gasteiger partial charge on any atom is -0.382 e. The third-order valence-electron chi connectivity index (χ3n) is 3.46. The van der Waals surface area contributed by atoms with E-state index in [1.54, 1.807) is 10.9 Å². The Kier molecular flexibility index (Phi) is 3.86. The molecule has 0 aliphatic heterocycles. The van der Waals surface area contributed by atoms with Crippen molar-refractivity contribution in [3.8, 4) is 5.69 Å². The van der Waals surface area contributed by atoms with E-state index < -0.39 is 6.10 Å². The van der Waals surface area contributed by atoms with E-state index in [-0.39, 0.29) is 0 Å². The van der Waals surface area contributed by atoms with Gasteiger partial charge in [-0.25, -0.2) is 4.68 Å². The van der Waals surface area contributed by atoms with E-state index in [9.17, 15) is 5.11 Å². The van der Waals surface area contributed by atoms with Crippen LogP contribution in [0.5, 0.6) is 0 Å². The van der Waals surface area contributed by atoms with Crippen LogP contribution in [0.15, 0.2) is 59.2 Å². The number of hydrogen-bond acceptors (Lipinski definition) is 3. The van der Waals surface area contributed by atoms with E-state index >= 15 is 0 Å². The first-order chi connectivity index (χ1) is 10.2. The van der Waals surface area contributed by atoms with Gasteiger partial charge in [0.15, 0.2) is 0 Å². The van der Waals surface area contributed by atoms with Gasteiger partial charge in [0.1, 0.15) is 6.10 Å². The van der Waals surface area contributed by atoms with Crippen LogP contribution < -0.4 is 0 Å². The molecule has 2 aromatic carbocycles. The Morgan fingerprint density at radius 3 is 2.62 bits per heavy atom. The van der Waals surface area contributed by atoms with Crippen LogP contribution in [0.3, 0.4) is 0 Å². The summed E-state index contributed by atoms with van der Waals surface area (Å²) in [5.41, 5.74) is 3.36. The SMILES string of the molecule is Cc1c(Br)cccc1C(O)c1cnnn1-c1ccccc1. The largest absolute Gasteiger partial charge is 0.382 e. The first-order valence-corrected chi connectivity index (χ1v) is 7.37. The van der Waals surface area contributed by atoms with Crippen molar-refractivity contribution in [2.75, 3.05) is 0 Å². The molecule has 0 spiro atoms. The van der Waals surface area contributed by atoms with E-state index in [0.29, 0.717) is 5.69 Å². The predicted octanol–water partition coefficient (Wildman–Crippen LogP) is 3.42. The van der Waals surface area contributed by atoms with Crippen LogP contribution in [0, 0.1) is 6.92 Å². The van der Waals surface area contributed by atoms with Gasteiger partial charge in [-0.1, -0.05) is 51.5 Å². The number of aliphatic hydroxyl groups is 1. The van der Waals surface area contributed by atoms with E-state index in [2.05, 4.69) is 26.2 Å². The van der Waals surface area contributed by atoms with Crippen LogP contribution in [-0.2, 0) is 0 Å². The van der Waals surface area contributed by atoms with Gasteiger partial charge in [0.25, 0.3) is 0 Å². The van der Waals surface area contributed by atoms with Crippen molar-refractivity contribution in [3.05, 3.63) is 76.0 Å². The molecule has 3 rings (SSSR count). The number of aromatic nitrogens is 3. The maximum absolute atomic E-state index is 10.7. The van der Waals surface area contributed by atoms with Crippen molar-refractivity contribution in [3.63, 3.8) is 0 Å². The van der Waals surface area contributed by atoms with Crippen LogP contribution in [0.4, 0.5) is 0 Å². The fourth-order valence-corrected chi connectivity index (χ4v) is 2.66. The number of hydrogen-bond donors (Lipinski definition) is 1. The maximum Gasteiger partial charge on any atom is 0.123 e. The lowest BCUT2D eigenvalue weighted by atomic mass is 10.0. The molecule has 0 bridgehead atoms. The zero-order valence-electron chi connectivity index (χ0n) is 11.4. The van der Waals surface area contributed by atoms with Crippen molar-refractivity contribution >= 4 is 15.9 Å². The Morgan fingerprint density at radius 2 is 1.86 bits per heavy atom. The third kappa shape index (κ3) is 2.62. The Labute approximate surface area is 131 Å². The van der Waals surface area contributed by atoms with Gasteiger partial charge < -0.3 is 5.11 Å². The molecule has 3 aromatic rings. The molecule has 5 heteroatoms. The molecule has 0 saturated heterocycles. The summed E-state index contributed by atoms with van der Waals surface area (Å²) in [5.74, 6) is 0. The van der Waals surface area contributed by atoms with Crippen LogP contribution in [-0.4, -0.2) is 20.1 Å². The Morgan fingerprint density at radius 1 is 1.10 bits per heavy atom. The van der Waals surface area contributed by atoms with Gasteiger partial charge in [-0.3, -0.25) is 0 Å². The fraction of sp³-hybridized carbons (Fsp3) is 0.125. The van der Waals surface area contributed by atoms with Gasteiger partial charge >= 0.3 is 0 Å². The number of benzene rings is 2. The molecule has 0 radical (unpaired) electrons. The summed E-state index contributed by atoms with van der Waals surface area (Å²) >= 11 is 3.49. The first kappa shape index (κ1) is 14.0. The van der Waals surface area contributed by atoms with E-state index in [0.717, 1.165) is 21.3 Å². The molecule has 1 N–H and O–H groups in total. The number of halogens is 1. The number of rotatable bonds is 3. The summed E-state index contributed by atoms with van der Waals surface area (Å²) < 4.78 is 2.63. The molecule has 1 atom stereocenters. The maximum atomic E-state index is 10.7. The van der Waals surface area contributed by atoms with Gasteiger partial charge in [-0.15, -0.1) is 5.10 Å². The lowest BCUT2D eigenvalue weighted by Crippen LogP contribution is -2.09. The summed E-state index contributed by atoms with van der Waals surface area (Å²) in [6, 6.07) is 15.4. The minimum absolute atomic E-state index is 0.641. The van der Waals surface area contributed by atoms with Crippen molar-refractivity contribution in [1.82, 2.24) is 15.0 Å². The summed E-state index contributed by atoms with van der Waals surface area (Å²) in [4.78, 5) is 0. The predicted molar refractivity (Wildman–Crippen MR) is 84.3 cm³/mol. The van der Waals surface area contributed by atoms with Crippen LogP contribution in [0.1, 0.15) is 22.9 Å². The smallest absolute Gasteiger partial charge is 0.123 e. The molecule has 4 nitrogen and oxygen atoms in total. The summed E-state index contributed by atoms with van der Waals surface area (Å²) in [6.07, 6.45) is 0.815. The lowest BCUT2D eigenvalue weighted by molar-refractivity contribution is 0.211. The zero-order chi connectivity index (χ0) is 14.8. The first-order valence-electron chi connectivity index (χ1n) is 6.57.